The van der Waals surface area contributed by atoms with E-state index in [1.807, 2.05) is 0 Å². The Bertz CT molecular complexity index is 1640. The van der Waals surface area contributed by atoms with Gasteiger partial charge in [-0.05, 0) is 61.4 Å². The van der Waals surface area contributed by atoms with Crippen LogP contribution in [0, 0.1) is 17.0 Å². The van der Waals surface area contributed by atoms with Gasteiger partial charge in [-0.25, -0.2) is 8.78 Å². The van der Waals surface area contributed by atoms with Crippen molar-refractivity contribution in [3.63, 3.8) is 0 Å². The van der Waals surface area contributed by atoms with Gasteiger partial charge in [0, 0.05) is 42.1 Å². The lowest BCUT2D eigenvalue weighted by Gasteiger charge is -2.16. The van der Waals surface area contributed by atoms with Crippen LogP contribution in [0.2, 0.25) is 0 Å². The SMILES string of the molecule is CNC(=O)c1cc2c(Oc3ccc(NC(=O)C4(C(=O)Nc5ccc(F)cc5)CC4)cc3F)ccnc2cc1OC. The van der Waals surface area contributed by atoms with Crippen molar-refractivity contribution in [3.8, 4) is 17.2 Å². The molecule has 1 aliphatic carbocycles. The number of aromatic nitrogens is 1. The first-order chi connectivity index (χ1) is 19.2. The van der Waals surface area contributed by atoms with Gasteiger partial charge in [-0.3, -0.25) is 19.4 Å². The molecule has 1 aliphatic rings. The van der Waals surface area contributed by atoms with Gasteiger partial charge in [0.1, 0.15) is 22.7 Å². The number of hydrogen-bond donors (Lipinski definition) is 3. The molecule has 0 aliphatic heterocycles. The standard InChI is InChI=1S/C29H24F2N4O5/c1-32-26(36)20-14-19-22(15-25(20)39-2)33-12-9-23(19)40-24-8-7-18(13-21(24)31)35-28(38)29(10-11-29)27(37)34-17-5-3-16(30)4-6-17/h3-9,12-15H,10-11H2,1-2H3,(H,32,36)(H,34,37)(H,35,38). The van der Waals surface area contributed by atoms with E-state index < -0.39 is 28.9 Å². The van der Waals surface area contributed by atoms with Crippen LogP contribution in [0.1, 0.15) is 23.2 Å². The lowest BCUT2D eigenvalue weighted by molar-refractivity contribution is -0.131. The molecule has 1 aromatic heterocycles. The number of ether oxygens (including phenoxy) is 2. The van der Waals surface area contributed by atoms with Gasteiger partial charge < -0.3 is 25.4 Å². The fourth-order valence-corrected chi connectivity index (χ4v) is 4.22. The Morgan fingerprint density at radius 1 is 0.850 bits per heavy atom. The second kappa shape index (κ2) is 10.6. The van der Waals surface area contributed by atoms with Crippen LogP contribution in [0.15, 0.2) is 66.9 Å². The second-order valence-electron chi connectivity index (χ2n) is 9.20. The summed E-state index contributed by atoms with van der Waals surface area (Å²) in [7, 11) is 2.93. The van der Waals surface area contributed by atoms with Crippen LogP contribution >= 0.6 is 0 Å². The van der Waals surface area contributed by atoms with Gasteiger partial charge in [-0.2, -0.15) is 0 Å². The summed E-state index contributed by atoms with van der Waals surface area (Å²) < 4.78 is 39.3. The van der Waals surface area contributed by atoms with Crippen molar-refractivity contribution >= 4 is 40.0 Å². The molecule has 3 amide bonds. The molecule has 1 saturated carbocycles. The average Bonchev–Trinajstić information content (AvgIpc) is 3.77. The number of carbonyl (C=O) groups excluding carboxylic acids is 3. The number of halogens is 2. The number of fused-ring (bicyclic) bond motifs is 1. The molecular formula is C29H24F2N4O5. The lowest BCUT2D eigenvalue weighted by Crippen LogP contribution is -2.35. The predicted octanol–water partition coefficient (Wildman–Crippen LogP) is 5.03. The van der Waals surface area contributed by atoms with Crippen LogP contribution in [-0.2, 0) is 9.59 Å². The highest BCUT2D eigenvalue weighted by Crippen LogP contribution is 2.47. The molecule has 0 radical (unpaired) electrons. The number of nitrogens with one attached hydrogen (secondary N) is 3. The molecule has 0 bridgehead atoms. The molecule has 5 rings (SSSR count). The number of amides is 3. The van der Waals surface area contributed by atoms with Gasteiger partial charge in [0.05, 0.1) is 18.2 Å². The van der Waals surface area contributed by atoms with Crippen LogP contribution in [-0.4, -0.2) is 36.9 Å². The Hall–Kier alpha value is -5.06. The minimum Gasteiger partial charge on any atom is -0.496 e. The van der Waals surface area contributed by atoms with Gasteiger partial charge in [-0.15, -0.1) is 0 Å². The number of benzene rings is 3. The lowest BCUT2D eigenvalue weighted by atomic mass is 10.0. The third-order valence-electron chi connectivity index (χ3n) is 6.63. The molecule has 1 heterocycles. The highest BCUT2D eigenvalue weighted by molar-refractivity contribution is 6.17. The maximum Gasteiger partial charge on any atom is 0.254 e. The Morgan fingerprint density at radius 2 is 1.52 bits per heavy atom. The molecule has 3 aromatic carbocycles. The maximum atomic E-state index is 15.1. The van der Waals surface area contributed by atoms with Gasteiger partial charge >= 0.3 is 0 Å². The number of nitrogens with zero attached hydrogens (tertiary/aromatic N) is 1. The molecule has 0 saturated heterocycles. The number of rotatable bonds is 8. The summed E-state index contributed by atoms with van der Waals surface area (Å²) in [5, 5.41) is 8.22. The van der Waals surface area contributed by atoms with Crippen molar-refractivity contribution in [3.05, 3.63) is 84.1 Å². The van der Waals surface area contributed by atoms with Crippen LogP contribution in [0.25, 0.3) is 10.9 Å². The Balaban J connectivity index is 1.33. The van der Waals surface area contributed by atoms with Crippen molar-refractivity contribution in [1.82, 2.24) is 10.3 Å². The van der Waals surface area contributed by atoms with Crippen molar-refractivity contribution in [2.24, 2.45) is 5.41 Å². The summed E-state index contributed by atoms with van der Waals surface area (Å²) in [5.74, 6) is -2.23. The zero-order valence-corrected chi connectivity index (χ0v) is 21.5. The third kappa shape index (κ3) is 5.13. The monoisotopic (exact) mass is 546 g/mol. The second-order valence-corrected chi connectivity index (χ2v) is 9.20. The topological polar surface area (TPSA) is 119 Å². The normalized spacial score (nSPS) is 13.3. The zero-order valence-electron chi connectivity index (χ0n) is 21.5. The fourth-order valence-electron chi connectivity index (χ4n) is 4.22. The van der Waals surface area contributed by atoms with E-state index in [4.69, 9.17) is 9.47 Å². The van der Waals surface area contributed by atoms with E-state index in [1.165, 1.54) is 62.8 Å². The van der Waals surface area contributed by atoms with E-state index in [0.29, 0.717) is 35.2 Å². The molecule has 204 valence electrons. The van der Waals surface area contributed by atoms with Gasteiger partial charge in [0.2, 0.25) is 11.8 Å². The van der Waals surface area contributed by atoms with Crippen molar-refractivity contribution in [1.29, 1.82) is 0 Å². The zero-order chi connectivity index (χ0) is 28.4. The molecule has 4 aromatic rings. The summed E-state index contributed by atoms with van der Waals surface area (Å²) in [6.07, 6.45) is 2.14. The van der Waals surface area contributed by atoms with Crippen LogP contribution in [0.3, 0.4) is 0 Å². The van der Waals surface area contributed by atoms with Crippen molar-refractivity contribution < 1.29 is 32.6 Å². The summed E-state index contributed by atoms with van der Waals surface area (Å²) in [6, 6.07) is 13.8. The molecular weight excluding hydrogens is 522 g/mol. The molecule has 0 atom stereocenters. The minimum absolute atomic E-state index is 0.127. The summed E-state index contributed by atoms with van der Waals surface area (Å²) in [5.41, 5.74) is -0.0599. The Labute approximate surface area is 227 Å². The molecule has 40 heavy (non-hydrogen) atoms. The van der Waals surface area contributed by atoms with E-state index in [2.05, 4.69) is 20.9 Å². The van der Waals surface area contributed by atoms with Crippen molar-refractivity contribution in [2.45, 2.75) is 12.8 Å². The van der Waals surface area contributed by atoms with E-state index >= 15 is 4.39 Å². The number of hydrogen-bond acceptors (Lipinski definition) is 6. The van der Waals surface area contributed by atoms with Gasteiger partial charge in [-0.1, -0.05) is 0 Å². The number of anilines is 2. The van der Waals surface area contributed by atoms with E-state index in [1.54, 1.807) is 12.1 Å². The first kappa shape index (κ1) is 26.5. The molecule has 0 unspecified atom stereocenters. The Kier molecular flexibility index (Phi) is 7.03. The Morgan fingerprint density at radius 3 is 2.15 bits per heavy atom. The largest absolute Gasteiger partial charge is 0.496 e. The molecule has 1 fully saturated rings. The van der Waals surface area contributed by atoms with Crippen molar-refractivity contribution in [2.75, 3.05) is 24.8 Å². The highest BCUT2D eigenvalue weighted by atomic mass is 19.1. The smallest absolute Gasteiger partial charge is 0.254 e. The summed E-state index contributed by atoms with van der Waals surface area (Å²) >= 11 is 0. The van der Waals surface area contributed by atoms with Crippen LogP contribution in [0.5, 0.6) is 17.2 Å². The van der Waals surface area contributed by atoms with Gasteiger partial charge in [0.25, 0.3) is 5.91 Å². The minimum atomic E-state index is -1.29. The van der Waals surface area contributed by atoms with E-state index in [0.717, 1.165) is 6.07 Å². The first-order valence-corrected chi connectivity index (χ1v) is 12.3. The van der Waals surface area contributed by atoms with E-state index in [-0.39, 0.29) is 28.7 Å². The summed E-state index contributed by atoms with van der Waals surface area (Å²) in [6.45, 7) is 0. The predicted molar refractivity (Wildman–Crippen MR) is 143 cm³/mol. The van der Waals surface area contributed by atoms with E-state index in [9.17, 15) is 18.8 Å². The highest BCUT2D eigenvalue weighted by Gasteiger charge is 2.56. The molecule has 9 nitrogen and oxygen atoms in total. The number of carbonyl (C=O) groups is 3. The molecule has 11 heteroatoms. The molecule has 0 spiro atoms. The third-order valence-corrected chi connectivity index (χ3v) is 6.63. The van der Waals surface area contributed by atoms with Gasteiger partial charge in [0.15, 0.2) is 11.6 Å². The van der Waals surface area contributed by atoms with Crippen LogP contribution < -0.4 is 25.4 Å². The summed E-state index contributed by atoms with van der Waals surface area (Å²) in [4.78, 5) is 42.3. The number of methoxy groups -OCH3 is 1. The quantitative estimate of drug-likeness (QED) is 0.267. The fraction of sp³-hybridized carbons (Fsp3) is 0.172. The van der Waals surface area contributed by atoms with Crippen LogP contribution in [0.4, 0.5) is 20.2 Å². The average molecular weight is 547 g/mol. The maximum absolute atomic E-state index is 15.1. The molecule has 3 N–H and O–H groups in total. The number of pyridine rings is 1. The first-order valence-electron chi connectivity index (χ1n) is 12.3.